The van der Waals surface area contributed by atoms with Gasteiger partial charge in [-0.2, -0.15) is 4.31 Å². The van der Waals surface area contributed by atoms with E-state index < -0.39 is 10.0 Å². The molecule has 3 nitrogen and oxygen atoms in total. The lowest BCUT2D eigenvalue weighted by Gasteiger charge is -2.21. The van der Waals surface area contributed by atoms with Gasteiger partial charge < -0.3 is 0 Å². The van der Waals surface area contributed by atoms with E-state index in [2.05, 4.69) is 15.9 Å². The quantitative estimate of drug-likeness (QED) is 0.833. The second-order valence-electron chi connectivity index (χ2n) is 3.91. The predicted molar refractivity (Wildman–Crippen MR) is 71.3 cm³/mol. The minimum Gasteiger partial charge on any atom is -0.206 e. The highest BCUT2D eigenvalue weighted by Crippen LogP contribution is 2.30. The summed E-state index contributed by atoms with van der Waals surface area (Å²) in [6, 6.07) is 1.76. The Hall–Kier alpha value is 0.0900. The largest absolute Gasteiger partial charge is 0.253 e. The van der Waals surface area contributed by atoms with E-state index in [0.29, 0.717) is 27.7 Å². The zero-order chi connectivity index (χ0) is 12.3. The smallest absolute Gasteiger partial charge is 0.206 e. The van der Waals surface area contributed by atoms with Crippen molar-refractivity contribution in [1.29, 1.82) is 0 Å². The van der Waals surface area contributed by atoms with Crippen molar-refractivity contribution < 1.29 is 8.42 Å². The molecule has 0 fully saturated rings. The van der Waals surface area contributed by atoms with Crippen molar-refractivity contribution in [3.05, 3.63) is 15.9 Å². The van der Waals surface area contributed by atoms with Crippen molar-refractivity contribution in [1.82, 2.24) is 4.31 Å². The summed E-state index contributed by atoms with van der Waals surface area (Å²) in [7, 11) is -3.33. The van der Waals surface area contributed by atoms with E-state index in [1.807, 2.05) is 20.8 Å². The van der Waals surface area contributed by atoms with Crippen LogP contribution in [0.3, 0.4) is 0 Å². The third kappa shape index (κ3) is 3.06. The number of sulfonamides is 1. The van der Waals surface area contributed by atoms with Gasteiger partial charge in [-0.25, -0.2) is 8.42 Å². The average molecular weight is 326 g/mol. The van der Waals surface area contributed by atoms with Crippen LogP contribution in [-0.4, -0.2) is 25.8 Å². The Morgan fingerprint density at radius 2 is 2.12 bits per heavy atom. The Bertz CT molecular complexity index is 439. The number of rotatable bonds is 5. The monoisotopic (exact) mass is 325 g/mol. The predicted octanol–water partition coefficient (Wildman–Crippen LogP) is 3.18. The van der Waals surface area contributed by atoms with Crippen LogP contribution in [0.25, 0.3) is 0 Å². The highest BCUT2D eigenvalue weighted by molar-refractivity contribution is 9.10. The third-order valence-corrected chi connectivity index (χ3v) is 6.67. The first kappa shape index (κ1) is 14.2. The van der Waals surface area contributed by atoms with Crippen molar-refractivity contribution in [2.75, 3.05) is 13.1 Å². The molecule has 0 amide bonds. The first-order valence-electron chi connectivity index (χ1n) is 5.12. The van der Waals surface area contributed by atoms with Gasteiger partial charge in [0.25, 0.3) is 10.0 Å². The van der Waals surface area contributed by atoms with E-state index in [1.54, 1.807) is 11.4 Å². The number of halogens is 1. The van der Waals surface area contributed by atoms with Gasteiger partial charge in [0, 0.05) is 17.6 Å². The highest BCUT2D eigenvalue weighted by atomic mass is 79.9. The van der Waals surface area contributed by atoms with Crippen molar-refractivity contribution in [2.24, 2.45) is 5.92 Å². The first-order chi connectivity index (χ1) is 7.39. The Morgan fingerprint density at radius 1 is 1.50 bits per heavy atom. The zero-order valence-corrected chi connectivity index (χ0v) is 12.8. The molecule has 0 radical (unpaired) electrons. The van der Waals surface area contributed by atoms with Gasteiger partial charge in [0.2, 0.25) is 0 Å². The lowest BCUT2D eigenvalue weighted by Crippen LogP contribution is -2.33. The topological polar surface area (TPSA) is 37.4 Å². The second kappa shape index (κ2) is 5.62. The maximum Gasteiger partial charge on any atom is 0.253 e. The SMILES string of the molecule is CCN(CC(C)C)S(=O)(=O)c1sccc1Br. The van der Waals surface area contributed by atoms with Crippen LogP contribution in [0.4, 0.5) is 0 Å². The molecule has 0 aliphatic rings. The number of hydrogen-bond donors (Lipinski definition) is 0. The summed E-state index contributed by atoms with van der Waals surface area (Å²) >= 11 is 4.52. The summed E-state index contributed by atoms with van der Waals surface area (Å²) in [5, 5.41) is 1.78. The lowest BCUT2D eigenvalue weighted by atomic mass is 10.2. The maximum atomic E-state index is 12.3. The first-order valence-corrected chi connectivity index (χ1v) is 8.24. The molecular weight excluding hydrogens is 310 g/mol. The van der Waals surface area contributed by atoms with E-state index in [1.165, 1.54) is 15.6 Å². The molecule has 0 saturated carbocycles. The van der Waals surface area contributed by atoms with E-state index in [4.69, 9.17) is 0 Å². The van der Waals surface area contributed by atoms with Gasteiger partial charge in [0.15, 0.2) is 0 Å². The van der Waals surface area contributed by atoms with Crippen LogP contribution < -0.4 is 0 Å². The van der Waals surface area contributed by atoms with Crippen molar-refractivity contribution in [3.8, 4) is 0 Å². The van der Waals surface area contributed by atoms with Gasteiger partial charge >= 0.3 is 0 Å². The minimum atomic E-state index is -3.33. The van der Waals surface area contributed by atoms with Gasteiger partial charge in [-0.3, -0.25) is 0 Å². The normalized spacial score (nSPS) is 12.6. The van der Waals surface area contributed by atoms with Crippen LogP contribution in [0.5, 0.6) is 0 Å². The van der Waals surface area contributed by atoms with Crippen molar-refractivity contribution in [3.63, 3.8) is 0 Å². The Balaban J connectivity index is 3.05. The minimum absolute atomic E-state index is 0.327. The molecular formula is C10H16BrNO2S2. The molecule has 0 aromatic carbocycles. The van der Waals surface area contributed by atoms with Crippen molar-refractivity contribution >= 4 is 37.3 Å². The third-order valence-electron chi connectivity index (χ3n) is 2.08. The molecule has 0 aliphatic carbocycles. The molecule has 0 N–H and O–H groups in total. The van der Waals surface area contributed by atoms with Gasteiger partial charge in [0.1, 0.15) is 4.21 Å². The number of hydrogen-bond acceptors (Lipinski definition) is 3. The Labute approximate surface area is 110 Å². The molecule has 1 heterocycles. The van der Waals surface area contributed by atoms with E-state index in [-0.39, 0.29) is 0 Å². The van der Waals surface area contributed by atoms with E-state index in [0.717, 1.165) is 0 Å². The molecule has 1 aromatic heterocycles. The van der Waals surface area contributed by atoms with Crippen LogP contribution in [-0.2, 0) is 10.0 Å². The molecule has 0 saturated heterocycles. The molecule has 16 heavy (non-hydrogen) atoms. The van der Waals surface area contributed by atoms with Crippen LogP contribution >= 0.6 is 27.3 Å². The number of thiophene rings is 1. The molecule has 1 rings (SSSR count). The summed E-state index contributed by atoms with van der Waals surface area (Å²) in [5.74, 6) is 0.327. The van der Waals surface area contributed by atoms with Crippen LogP contribution in [0.15, 0.2) is 20.1 Å². The Morgan fingerprint density at radius 3 is 2.50 bits per heavy atom. The van der Waals surface area contributed by atoms with E-state index >= 15 is 0 Å². The molecule has 6 heteroatoms. The standard InChI is InChI=1S/C10H16BrNO2S2/c1-4-12(7-8(2)3)16(13,14)10-9(11)5-6-15-10/h5-6,8H,4,7H2,1-3H3. The highest BCUT2D eigenvalue weighted by Gasteiger charge is 2.26. The summed E-state index contributed by atoms with van der Waals surface area (Å²) in [6.07, 6.45) is 0. The van der Waals surface area contributed by atoms with Crippen LogP contribution in [0.2, 0.25) is 0 Å². The maximum absolute atomic E-state index is 12.3. The van der Waals surface area contributed by atoms with Crippen LogP contribution in [0.1, 0.15) is 20.8 Å². The van der Waals surface area contributed by atoms with Gasteiger partial charge in [-0.15, -0.1) is 11.3 Å². The molecule has 0 spiro atoms. The fourth-order valence-electron chi connectivity index (χ4n) is 1.39. The fraction of sp³-hybridized carbons (Fsp3) is 0.600. The fourth-order valence-corrected chi connectivity index (χ4v) is 5.45. The van der Waals surface area contributed by atoms with Gasteiger partial charge in [-0.1, -0.05) is 20.8 Å². The zero-order valence-electron chi connectivity index (χ0n) is 9.60. The summed E-state index contributed by atoms with van der Waals surface area (Å²) < 4.78 is 27.1. The molecule has 0 aliphatic heterocycles. The molecule has 1 aromatic rings. The molecule has 0 unspecified atom stereocenters. The molecule has 0 atom stereocenters. The van der Waals surface area contributed by atoms with Crippen molar-refractivity contribution in [2.45, 2.75) is 25.0 Å². The van der Waals surface area contributed by atoms with Gasteiger partial charge in [-0.05, 0) is 33.3 Å². The Kier molecular flexibility index (Phi) is 4.97. The second-order valence-corrected chi connectivity index (χ2v) is 7.81. The van der Waals surface area contributed by atoms with Gasteiger partial charge in [0.05, 0.1) is 0 Å². The summed E-state index contributed by atoms with van der Waals surface area (Å²) in [5.41, 5.74) is 0. The lowest BCUT2D eigenvalue weighted by molar-refractivity contribution is 0.381. The van der Waals surface area contributed by atoms with E-state index in [9.17, 15) is 8.42 Å². The molecule has 92 valence electrons. The number of nitrogens with zero attached hydrogens (tertiary/aromatic N) is 1. The summed E-state index contributed by atoms with van der Waals surface area (Å²) in [6.45, 7) is 6.96. The van der Waals surface area contributed by atoms with Crippen LogP contribution in [0, 0.1) is 5.92 Å². The average Bonchev–Trinajstić information content (AvgIpc) is 2.60. The summed E-state index contributed by atoms with van der Waals surface area (Å²) in [4.78, 5) is 0. The molecule has 0 bridgehead atoms.